The number of hydrogen-bond donors (Lipinski definition) is 2. The Labute approximate surface area is 127 Å². The maximum Gasteiger partial charge on any atom is 0.416 e. The molecule has 1 aromatic carbocycles. The van der Waals surface area contributed by atoms with Crippen LogP contribution in [0.3, 0.4) is 0 Å². The van der Waals surface area contributed by atoms with Gasteiger partial charge in [0.1, 0.15) is 5.82 Å². The van der Waals surface area contributed by atoms with Gasteiger partial charge in [0.25, 0.3) is 0 Å². The van der Waals surface area contributed by atoms with Gasteiger partial charge in [-0.25, -0.2) is 4.98 Å². The number of alkyl halides is 3. The molecule has 0 saturated carbocycles. The third-order valence-corrected chi connectivity index (χ3v) is 3.35. The highest BCUT2D eigenvalue weighted by Gasteiger charge is 2.32. The van der Waals surface area contributed by atoms with Crippen LogP contribution in [0.1, 0.15) is 11.1 Å². The minimum atomic E-state index is -4.39. The van der Waals surface area contributed by atoms with Crippen LogP contribution in [0.2, 0.25) is 0 Å². The van der Waals surface area contributed by atoms with Crippen LogP contribution in [-0.2, 0) is 6.18 Å². The van der Waals surface area contributed by atoms with Crippen LogP contribution < -0.4 is 10.6 Å². The van der Waals surface area contributed by atoms with Gasteiger partial charge in [-0.2, -0.15) is 18.2 Å². The summed E-state index contributed by atoms with van der Waals surface area (Å²) < 4.78 is 39.2. The van der Waals surface area contributed by atoms with E-state index < -0.39 is 11.7 Å². The molecule has 2 aromatic rings. The van der Waals surface area contributed by atoms with Gasteiger partial charge in [-0.15, -0.1) is 0 Å². The Kier molecular flexibility index (Phi) is 4.36. The Morgan fingerprint density at radius 3 is 2.57 bits per heavy atom. The van der Waals surface area contributed by atoms with Gasteiger partial charge >= 0.3 is 6.18 Å². The molecule has 4 nitrogen and oxygen atoms in total. The van der Waals surface area contributed by atoms with Crippen molar-refractivity contribution in [2.75, 3.05) is 17.7 Å². The Morgan fingerprint density at radius 1 is 1.24 bits per heavy atom. The first kappa shape index (κ1) is 15.6. The fraction of sp³-hybridized carbons (Fsp3) is 0.231. The molecule has 0 amide bonds. The van der Waals surface area contributed by atoms with Gasteiger partial charge in [-0.05, 0) is 40.5 Å². The number of nitrogens with one attached hydrogen (secondary N) is 2. The summed E-state index contributed by atoms with van der Waals surface area (Å²) in [6, 6.07) is 4.04. The molecular formula is C13H12BrF3N4. The van der Waals surface area contributed by atoms with E-state index in [0.717, 1.165) is 6.07 Å². The number of aryl methyl sites for hydroxylation is 1. The smallest absolute Gasteiger partial charge is 0.357 e. The summed E-state index contributed by atoms with van der Waals surface area (Å²) in [6.45, 7) is 1.42. The van der Waals surface area contributed by atoms with Crippen molar-refractivity contribution < 1.29 is 13.2 Å². The summed E-state index contributed by atoms with van der Waals surface area (Å²) in [5, 5.41) is 5.61. The van der Waals surface area contributed by atoms with Gasteiger partial charge in [-0.1, -0.05) is 6.07 Å². The molecule has 2 rings (SSSR count). The van der Waals surface area contributed by atoms with Crippen molar-refractivity contribution >= 4 is 33.4 Å². The minimum Gasteiger partial charge on any atom is -0.357 e. The largest absolute Gasteiger partial charge is 0.416 e. The Morgan fingerprint density at radius 2 is 1.95 bits per heavy atom. The highest BCUT2D eigenvalue weighted by atomic mass is 79.9. The van der Waals surface area contributed by atoms with Gasteiger partial charge in [0.2, 0.25) is 5.95 Å². The fourth-order valence-electron chi connectivity index (χ4n) is 1.72. The first-order chi connectivity index (χ1) is 9.81. The van der Waals surface area contributed by atoms with Gasteiger partial charge < -0.3 is 10.6 Å². The molecule has 0 aliphatic rings. The molecule has 0 bridgehead atoms. The van der Waals surface area contributed by atoms with Gasteiger partial charge in [0.05, 0.1) is 10.0 Å². The van der Waals surface area contributed by atoms with Crippen molar-refractivity contribution in [3.05, 3.63) is 40.0 Å². The van der Waals surface area contributed by atoms with Crippen molar-refractivity contribution in [2.45, 2.75) is 13.1 Å². The van der Waals surface area contributed by atoms with Crippen LogP contribution in [-0.4, -0.2) is 17.0 Å². The first-order valence-electron chi connectivity index (χ1n) is 5.96. The number of aromatic nitrogens is 2. The molecule has 0 unspecified atom stereocenters. The lowest BCUT2D eigenvalue weighted by Gasteiger charge is -2.14. The third kappa shape index (κ3) is 3.63. The predicted octanol–water partition coefficient (Wildman–Crippen LogP) is 4.35. The van der Waals surface area contributed by atoms with E-state index in [1.165, 1.54) is 19.2 Å². The summed E-state index contributed by atoms with van der Waals surface area (Å²) in [5.74, 6) is 0.746. The first-order valence-corrected chi connectivity index (χ1v) is 6.75. The molecule has 2 N–H and O–H groups in total. The molecule has 1 heterocycles. The average Bonchev–Trinajstić information content (AvgIpc) is 2.42. The summed E-state index contributed by atoms with van der Waals surface area (Å²) in [5.41, 5.74) is -0.202. The van der Waals surface area contributed by atoms with Crippen LogP contribution in [0.5, 0.6) is 0 Å². The monoisotopic (exact) mass is 360 g/mol. The van der Waals surface area contributed by atoms with E-state index in [9.17, 15) is 13.2 Å². The van der Waals surface area contributed by atoms with Crippen LogP contribution in [0.4, 0.5) is 30.6 Å². The Bertz CT molecular complexity index is 658. The summed E-state index contributed by atoms with van der Waals surface area (Å²) in [4.78, 5) is 8.12. The van der Waals surface area contributed by atoms with Crippen LogP contribution in [0.25, 0.3) is 0 Å². The number of nitrogens with zero attached hydrogens (tertiary/aromatic N) is 2. The number of rotatable bonds is 3. The quantitative estimate of drug-likeness (QED) is 0.854. The Balaban J connectivity index is 2.36. The van der Waals surface area contributed by atoms with Gasteiger partial charge in [0.15, 0.2) is 0 Å². The third-order valence-electron chi connectivity index (χ3n) is 2.77. The predicted molar refractivity (Wildman–Crippen MR) is 78.7 cm³/mol. The lowest BCUT2D eigenvalue weighted by Crippen LogP contribution is -2.08. The van der Waals surface area contributed by atoms with Crippen molar-refractivity contribution in [1.82, 2.24) is 9.97 Å². The number of halogens is 4. The zero-order valence-corrected chi connectivity index (χ0v) is 12.8. The lowest BCUT2D eigenvalue weighted by molar-refractivity contribution is -0.138. The second-order valence-electron chi connectivity index (χ2n) is 4.29. The fourth-order valence-corrected chi connectivity index (χ4v) is 2.01. The molecule has 0 fully saturated rings. The molecule has 0 aliphatic carbocycles. The SMILES string of the molecule is CNc1ncc(Br)c(Nc2ccc(C)c(C(F)(F)F)c2)n1. The molecule has 8 heteroatoms. The average molecular weight is 361 g/mol. The second kappa shape index (κ2) is 5.88. The number of hydrogen-bond acceptors (Lipinski definition) is 4. The van der Waals surface area contributed by atoms with E-state index in [0.29, 0.717) is 21.9 Å². The van der Waals surface area contributed by atoms with Crippen LogP contribution in [0, 0.1) is 6.92 Å². The second-order valence-corrected chi connectivity index (χ2v) is 5.15. The molecule has 0 atom stereocenters. The van der Waals surface area contributed by atoms with Crippen LogP contribution in [0.15, 0.2) is 28.9 Å². The topological polar surface area (TPSA) is 49.8 Å². The van der Waals surface area contributed by atoms with Crippen molar-refractivity contribution in [3.8, 4) is 0 Å². The molecule has 112 valence electrons. The van der Waals surface area contributed by atoms with E-state index in [1.807, 2.05) is 0 Å². The number of anilines is 3. The summed E-state index contributed by atoms with van der Waals surface area (Å²) in [6.07, 6.45) is -2.87. The minimum absolute atomic E-state index is 0.172. The van der Waals surface area contributed by atoms with Crippen molar-refractivity contribution in [1.29, 1.82) is 0 Å². The highest BCUT2D eigenvalue weighted by Crippen LogP contribution is 2.34. The van der Waals surface area contributed by atoms with Crippen LogP contribution >= 0.6 is 15.9 Å². The van der Waals surface area contributed by atoms with Crippen molar-refractivity contribution in [2.24, 2.45) is 0 Å². The van der Waals surface area contributed by atoms with Gasteiger partial charge in [0, 0.05) is 18.9 Å². The van der Waals surface area contributed by atoms with Crippen molar-refractivity contribution in [3.63, 3.8) is 0 Å². The highest BCUT2D eigenvalue weighted by molar-refractivity contribution is 9.10. The summed E-state index contributed by atoms with van der Waals surface area (Å²) in [7, 11) is 1.65. The van der Waals surface area contributed by atoms with E-state index >= 15 is 0 Å². The zero-order chi connectivity index (χ0) is 15.6. The molecule has 0 radical (unpaired) electrons. The normalized spacial score (nSPS) is 11.3. The molecule has 0 saturated heterocycles. The maximum atomic E-state index is 12.9. The molecule has 21 heavy (non-hydrogen) atoms. The molecular weight excluding hydrogens is 349 g/mol. The standard InChI is InChI=1S/C13H12BrF3N4/c1-7-3-4-8(5-9(7)13(15,16)17)20-11-10(14)6-19-12(18-2)21-11/h3-6H,1-2H3,(H2,18,19,20,21). The molecule has 0 spiro atoms. The van der Waals surface area contributed by atoms with E-state index in [4.69, 9.17) is 0 Å². The molecule has 1 aromatic heterocycles. The maximum absolute atomic E-state index is 12.9. The lowest BCUT2D eigenvalue weighted by atomic mass is 10.1. The Hall–Kier alpha value is -1.83. The number of benzene rings is 1. The van der Waals surface area contributed by atoms with E-state index in [2.05, 4.69) is 36.5 Å². The van der Waals surface area contributed by atoms with E-state index in [-0.39, 0.29) is 5.56 Å². The molecule has 0 aliphatic heterocycles. The summed E-state index contributed by atoms with van der Waals surface area (Å²) >= 11 is 3.25. The zero-order valence-electron chi connectivity index (χ0n) is 11.2. The van der Waals surface area contributed by atoms with E-state index in [1.54, 1.807) is 13.1 Å². The van der Waals surface area contributed by atoms with Gasteiger partial charge in [-0.3, -0.25) is 0 Å².